The molecule has 0 rings (SSSR count). The second-order valence-corrected chi connectivity index (χ2v) is 3.13. The van der Waals surface area contributed by atoms with Crippen molar-refractivity contribution in [3.63, 3.8) is 0 Å². The fourth-order valence-corrected chi connectivity index (χ4v) is 1.23. The van der Waals surface area contributed by atoms with Gasteiger partial charge in [-0.25, -0.2) is 0 Å². The molecule has 0 spiro atoms. The molecule has 0 aromatic heterocycles. The van der Waals surface area contributed by atoms with E-state index in [0.29, 0.717) is 6.42 Å². The summed E-state index contributed by atoms with van der Waals surface area (Å²) in [5.74, 6) is -1.11. The first kappa shape index (κ1) is 17.7. The third kappa shape index (κ3) is 4.89. The topological polar surface area (TPSA) is 101 Å². The molecule has 0 fully saturated rings. The summed E-state index contributed by atoms with van der Waals surface area (Å²) in [4.78, 5) is 11.6. The Morgan fingerprint density at radius 3 is 1.81 bits per heavy atom. The van der Waals surface area contributed by atoms with Gasteiger partial charge in [0, 0.05) is 0 Å². The van der Waals surface area contributed by atoms with Gasteiger partial charge < -0.3 is 20.4 Å². The van der Waals surface area contributed by atoms with Crippen LogP contribution in [0.2, 0.25) is 0 Å². The van der Waals surface area contributed by atoms with Gasteiger partial charge in [0.15, 0.2) is 0 Å². The molecule has 0 saturated heterocycles. The van der Waals surface area contributed by atoms with Gasteiger partial charge in [0.1, 0.15) is 0 Å². The lowest BCUT2D eigenvalue weighted by Gasteiger charge is -2.38. The number of aliphatic hydroxyl groups excluding tert-OH is 3. The van der Waals surface area contributed by atoms with Crippen LogP contribution >= 0.6 is 0 Å². The Hall–Kier alpha value is -0.690. The molecule has 0 radical (unpaired) electrons. The van der Waals surface area contributed by atoms with Crippen molar-refractivity contribution in [1.29, 1.82) is 0 Å². The zero-order valence-electron chi connectivity index (χ0n) is 10.2. The largest absolute Gasteiger partial charge is 0.480 e. The van der Waals surface area contributed by atoms with Gasteiger partial charge in [-0.2, -0.15) is 0 Å². The normalized spacial score (nSPS) is 10.9. The number of hydrogen-bond donors (Lipinski definition) is 4. The number of rotatable bonds is 7. The van der Waals surface area contributed by atoms with E-state index in [2.05, 4.69) is 0 Å². The van der Waals surface area contributed by atoms with Crippen LogP contribution in [0.15, 0.2) is 0 Å². The van der Waals surface area contributed by atoms with Crippen LogP contribution in [0.25, 0.3) is 0 Å². The summed E-state index contributed by atoms with van der Waals surface area (Å²) >= 11 is 0. The second-order valence-electron chi connectivity index (χ2n) is 3.13. The molecule has 0 unspecified atom stereocenters. The number of carboxylic acid groups (broad SMARTS) is 1. The third-order valence-corrected chi connectivity index (χ3v) is 2.41. The summed E-state index contributed by atoms with van der Waals surface area (Å²) in [6, 6.07) is 0. The SMILES string of the molecule is CC.CCC(CO)(CO)N(CO)CC(=O)O. The number of hydrogen-bond acceptors (Lipinski definition) is 5. The Morgan fingerprint density at radius 2 is 1.62 bits per heavy atom. The minimum absolute atomic E-state index is 0.355. The maximum absolute atomic E-state index is 10.4. The van der Waals surface area contributed by atoms with Crippen LogP contribution < -0.4 is 0 Å². The first-order valence-electron chi connectivity index (χ1n) is 5.35. The summed E-state index contributed by atoms with van der Waals surface area (Å²) in [5, 5.41) is 35.7. The highest BCUT2D eigenvalue weighted by Gasteiger charge is 2.34. The van der Waals surface area contributed by atoms with Crippen LogP contribution in [-0.4, -0.2) is 63.3 Å². The van der Waals surface area contributed by atoms with Gasteiger partial charge >= 0.3 is 5.97 Å². The zero-order chi connectivity index (χ0) is 13.2. The highest BCUT2D eigenvalue weighted by molar-refractivity contribution is 5.69. The highest BCUT2D eigenvalue weighted by atomic mass is 16.4. The van der Waals surface area contributed by atoms with Gasteiger partial charge in [-0.05, 0) is 6.42 Å². The van der Waals surface area contributed by atoms with Gasteiger partial charge in [0.25, 0.3) is 0 Å². The molecule has 0 aliphatic rings. The molecular formula is C10H23NO5. The van der Waals surface area contributed by atoms with E-state index in [9.17, 15) is 4.79 Å². The molecule has 0 bridgehead atoms. The summed E-state index contributed by atoms with van der Waals surface area (Å²) in [6.07, 6.45) is 0.355. The molecule has 6 heteroatoms. The Morgan fingerprint density at radius 1 is 1.19 bits per heavy atom. The van der Waals surface area contributed by atoms with Crippen molar-refractivity contribution in [1.82, 2.24) is 4.90 Å². The minimum atomic E-state index is -1.11. The molecule has 6 nitrogen and oxygen atoms in total. The molecule has 0 aliphatic carbocycles. The van der Waals surface area contributed by atoms with E-state index < -0.39 is 38.0 Å². The van der Waals surface area contributed by atoms with Gasteiger partial charge in [-0.1, -0.05) is 20.8 Å². The standard InChI is InChI=1S/C8H17NO5.C2H6/c1-2-8(4-10,5-11)9(6-12)3-7(13)14;1-2/h10-12H,2-6H2,1H3,(H,13,14);1-2H3. The number of nitrogens with zero attached hydrogens (tertiary/aromatic N) is 1. The number of carbonyl (C=O) groups is 1. The van der Waals surface area contributed by atoms with E-state index in [0.717, 1.165) is 4.90 Å². The Balaban J connectivity index is 0. The average molecular weight is 237 g/mol. The number of aliphatic carboxylic acids is 1. The monoisotopic (exact) mass is 237 g/mol. The van der Waals surface area contributed by atoms with Gasteiger partial charge in [-0.3, -0.25) is 9.69 Å². The lowest BCUT2D eigenvalue weighted by molar-refractivity contribution is -0.144. The van der Waals surface area contributed by atoms with Crippen molar-refractivity contribution in [3.05, 3.63) is 0 Å². The van der Waals surface area contributed by atoms with Gasteiger partial charge in [-0.15, -0.1) is 0 Å². The molecule has 0 amide bonds. The molecule has 0 atom stereocenters. The molecule has 0 saturated carbocycles. The maximum Gasteiger partial charge on any atom is 0.317 e. The zero-order valence-corrected chi connectivity index (χ0v) is 10.2. The molecule has 4 N–H and O–H groups in total. The molecule has 98 valence electrons. The first-order chi connectivity index (χ1) is 7.56. The fourth-order valence-electron chi connectivity index (χ4n) is 1.23. The van der Waals surface area contributed by atoms with Crippen LogP contribution in [0.5, 0.6) is 0 Å². The molecule has 0 aliphatic heterocycles. The van der Waals surface area contributed by atoms with Crippen molar-refractivity contribution < 1.29 is 25.2 Å². The van der Waals surface area contributed by atoms with Crippen LogP contribution in [0, 0.1) is 0 Å². The van der Waals surface area contributed by atoms with Crippen LogP contribution in [0.3, 0.4) is 0 Å². The summed E-state index contributed by atoms with van der Waals surface area (Å²) in [7, 11) is 0. The maximum atomic E-state index is 10.4. The molecular weight excluding hydrogens is 214 g/mol. The Bertz CT molecular complexity index is 174. The fraction of sp³-hybridized carbons (Fsp3) is 0.900. The van der Waals surface area contributed by atoms with Crippen LogP contribution in [0.1, 0.15) is 27.2 Å². The lowest BCUT2D eigenvalue weighted by Crippen LogP contribution is -2.56. The first-order valence-corrected chi connectivity index (χ1v) is 5.35. The van der Waals surface area contributed by atoms with E-state index in [1.54, 1.807) is 6.92 Å². The second kappa shape index (κ2) is 9.53. The van der Waals surface area contributed by atoms with E-state index >= 15 is 0 Å². The van der Waals surface area contributed by atoms with Crippen molar-refractivity contribution in [2.24, 2.45) is 0 Å². The smallest absolute Gasteiger partial charge is 0.317 e. The Labute approximate surface area is 96.1 Å². The summed E-state index contributed by atoms with van der Waals surface area (Å²) in [6.45, 7) is 3.99. The highest BCUT2D eigenvalue weighted by Crippen LogP contribution is 2.17. The van der Waals surface area contributed by atoms with Crippen molar-refractivity contribution in [3.8, 4) is 0 Å². The van der Waals surface area contributed by atoms with Gasteiger partial charge in [0.05, 0.1) is 32.0 Å². The quantitative estimate of drug-likeness (QED) is 0.445. The molecule has 16 heavy (non-hydrogen) atoms. The van der Waals surface area contributed by atoms with E-state index in [1.165, 1.54) is 0 Å². The number of aliphatic hydroxyl groups is 3. The van der Waals surface area contributed by atoms with E-state index in [4.69, 9.17) is 20.4 Å². The predicted molar refractivity (Wildman–Crippen MR) is 60.0 cm³/mol. The van der Waals surface area contributed by atoms with Crippen molar-refractivity contribution in [2.45, 2.75) is 32.7 Å². The molecule has 0 aromatic carbocycles. The lowest BCUT2D eigenvalue weighted by atomic mass is 9.96. The summed E-state index contributed by atoms with van der Waals surface area (Å²) in [5.41, 5.74) is -1.06. The molecule has 0 heterocycles. The van der Waals surface area contributed by atoms with E-state index in [-0.39, 0.29) is 0 Å². The van der Waals surface area contributed by atoms with Crippen molar-refractivity contribution >= 4 is 5.97 Å². The third-order valence-electron chi connectivity index (χ3n) is 2.41. The van der Waals surface area contributed by atoms with Crippen LogP contribution in [-0.2, 0) is 4.79 Å². The predicted octanol–water partition coefficient (Wildman–Crippen LogP) is -0.518. The summed E-state index contributed by atoms with van der Waals surface area (Å²) < 4.78 is 0. The Kier molecular flexibility index (Phi) is 10.5. The van der Waals surface area contributed by atoms with E-state index in [1.807, 2.05) is 13.8 Å². The van der Waals surface area contributed by atoms with Crippen LogP contribution in [0.4, 0.5) is 0 Å². The van der Waals surface area contributed by atoms with Gasteiger partial charge in [0.2, 0.25) is 0 Å². The number of carboxylic acids is 1. The minimum Gasteiger partial charge on any atom is -0.480 e. The molecule has 0 aromatic rings. The average Bonchev–Trinajstić information content (AvgIpc) is 2.32. The van der Waals surface area contributed by atoms with Crippen molar-refractivity contribution in [2.75, 3.05) is 26.5 Å².